The van der Waals surface area contributed by atoms with Gasteiger partial charge < -0.3 is 25.6 Å². The van der Waals surface area contributed by atoms with Crippen LogP contribution in [0.2, 0.25) is 0 Å². The van der Waals surface area contributed by atoms with E-state index < -0.39 is 6.09 Å². The maximum absolute atomic E-state index is 12.2. The molecule has 0 bridgehead atoms. The molecule has 37 heavy (non-hydrogen) atoms. The van der Waals surface area contributed by atoms with Crippen LogP contribution in [0.15, 0.2) is 72.8 Å². The Kier molecular flexibility index (Phi) is 10.9. The topological polar surface area (TPSA) is 99.8 Å². The van der Waals surface area contributed by atoms with E-state index in [0.29, 0.717) is 12.5 Å². The summed E-state index contributed by atoms with van der Waals surface area (Å²) >= 11 is 0. The number of benzene rings is 3. The molecule has 0 saturated carbocycles. The lowest BCUT2D eigenvalue weighted by Gasteiger charge is -2.23. The molecule has 2 atom stereocenters. The van der Waals surface area contributed by atoms with Gasteiger partial charge in [0.2, 0.25) is 12.3 Å². The van der Waals surface area contributed by atoms with Crippen LogP contribution in [0.5, 0.6) is 0 Å². The third-order valence-corrected chi connectivity index (χ3v) is 6.31. The summed E-state index contributed by atoms with van der Waals surface area (Å²) in [5, 5.41) is 10.8. The third-order valence-electron chi connectivity index (χ3n) is 6.31. The number of hydrogen-bond donors (Lipinski definition) is 3. The van der Waals surface area contributed by atoms with Crippen LogP contribution in [0, 0.1) is 0 Å². The van der Waals surface area contributed by atoms with Crippen molar-refractivity contribution in [1.82, 2.24) is 15.5 Å². The number of anilines is 1. The quantitative estimate of drug-likeness (QED) is 0.435. The van der Waals surface area contributed by atoms with Crippen molar-refractivity contribution < 1.29 is 19.1 Å². The first-order valence-corrected chi connectivity index (χ1v) is 12.8. The molecule has 0 spiro atoms. The van der Waals surface area contributed by atoms with E-state index in [1.54, 1.807) is 0 Å². The second-order valence-electron chi connectivity index (χ2n) is 8.50. The van der Waals surface area contributed by atoms with Crippen LogP contribution in [-0.2, 0) is 20.9 Å². The Morgan fingerprint density at radius 2 is 1.73 bits per heavy atom. The number of rotatable bonds is 6. The summed E-state index contributed by atoms with van der Waals surface area (Å²) in [6, 6.07) is 23.9. The average molecular weight is 505 g/mol. The van der Waals surface area contributed by atoms with Crippen molar-refractivity contribution >= 4 is 34.9 Å². The summed E-state index contributed by atoms with van der Waals surface area (Å²) in [6.45, 7) is 5.93. The van der Waals surface area contributed by atoms with E-state index in [1.165, 1.54) is 0 Å². The minimum Gasteiger partial charge on any atom is -0.445 e. The van der Waals surface area contributed by atoms with E-state index in [1.807, 2.05) is 91.5 Å². The van der Waals surface area contributed by atoms with Gasteiger partial charge in [0.05, 0.1) is 0 Å². The Morgan fingerprint density at radius 3 is 2.51 bits per heavy atom. The minimum atomic E-state index is -0.558. The van der Waals surface area contributed by atoms with Gasteiger partial charge in [0.1, 0.15) is 13.2 Å². The monoisotopic (exact) mass is 504 g/mol. The van der Waals surface area contributed by atoms with E-state index >= 15 is 0 Å². The van der Waals surface area contributed by atoms with E-state index in [-0.39, 0.29) is 25.1 Å². The summed E-state index contributed by atoms with van der Waals surface area (Å²) < 4.78 is 5.09. The van der Waals surface area contributed by atoms with E-state index in [2.05, 4.69) is 16.0 Å². The van der Waals surface area contributed by atoms with Gasteiger partial charge in [-0.05, 0) is 36.4 Å². The highest BCUT2D eigenvalue weighted by Crippen LogP contribution is 2.24. The molecule has 8 heteroatoms. The highest BCUT2D eigenvalue weighted by Gasteiger charge is 2.39. The summed E-state index contributed by atoms with van der Waals surface area (Å²) in [5.41, 5.74) is 1.77. The second-order valence-corrected chi connectivity index (χ2v) is 8.50. The molecular formula is C29H36N4O4. The Hall–Kier alpha value is -3.91. The van der Waals surface area contributed by atoms with Crippen molar-refractivity contribution in [3.8, 4) is 0 Å². The molecule has 8 nitrogen and oxygen atoms in total. The number of nitrogens with zero attached hydrogens (tertiary/aromatic N) is 1. The van der Waals surface area contributed by atoms with Gasteiger partial charge in [-0.25, -0.2) is 4.79 Å². The van der Waals surface area contributed by atoms with E-state index in [0.717, 1.165) is 48.0 Å². The molecule has 3 amide bonds. The fraction of sp³-hybridized carbons (Fsp3) is 0.345. The van der Waals surface area contributed by atoms with Gasteiger partial charge in [-0.1, -0.05) is 80.6 Å². The predicted octanol–water partition coefficient (Wildman–Crippen LogP) is 4.31. The van der Waals surface area contributed by atoms with Crippen LogP contribution < -0.4 is 16.0 Å². The van der Waals surface area contributed by atoms with Crippen LogP contribution in [-0.4, -0.2) is 55.0 Å². The molecule has 2 heterocycles. The van der Waals surface area contributed by atoms with Gasteiger partial charge in [-0.15, -0.1) is 0 Å². The summed E-state index contributed by atoms with van der Waals surface area (Å²) in [6.07, 6.45) is 2.13. The predicted molar refractivity (Wildman–Crippen MR) is 146 cm³/mol. The molecule has 2 aliphatic rings. The average Bonchev–Trinajstić information content (AvgIpc) is 3.58. The maximum atomic E-state index is 12.2. The van der Waals surface area contributed by atoms with Crippen LogP contribution >= 0.6 is 0 Å². The highest BCUT2D eigenvalue weighted by atomic mass is 16.5. The molecule has 2 unspecified atom stereocenters. The number of likely N-dealkylation sites (tertiary alicyclic amines) is 1. The maximum Gasteiger partial charge on any atom is 0.407 e. The van der Waals surface area contributed by atoms with Gasteiger partial charge in [0, 0.05) is 29.7 Å². The molecule has 0 aromatic heterocycles. The van der Waals surface area contributed by atoms with Crippen molar-refractivity contribution in [2.45, 2.75) is 45.4 Å². The van der Waals surface area contributed by atoms with Gasteiger partial charge >= 0.3 is 6.09 Å². The fourth-order valence-corrected chi connectivity index (χ4v) is 4.61. The van der Waals surface area contributed by atoms with E-state index in [4.69, 9.17) is 4.74 Å². The lowest BCUT2D eigenvalue weighted by atomic mass is 10.1. The number of fused-ring (bicyclic) bond motifs is 2. The molecule has 2 fully saturated rings. The van der Waals surface area contributed by atoms with Crippen LogP contribution in [0.1, 0.15) is 32.3 Å². The first-order valence-electron chi connectivity index (χ1n) is 12.8. The van der Waals surface area contributed by atoms with Gasteiger partial charge in [-0.3, -0.25) is 9.59 Å². The molecule has 2 saturated heterocycles. The molecule has 0 aliphatic carbocycles. The Labute approximate surface area is 218 Å². The normalized spacial score (nSPS) is 17.4. The largest absolute Gasteiger partial charge is 0.445 e. The number of carbonyl (C=O) groups excluding carboxylic acids is 3. The zero-order chi connectivity index (χ0) is 26.5. The Bertz CT molecular complexity index is 1150. The number of amides is 3. The molecule has 3 aromatic rings. The minimum absolute atomic E-state index is 0.00313. The molecule has 3 aromatic carbocycles. The summed E-state index contributed by atoms with van der Waals surface area (Å²) in [7, 11) is 0. The molecular weight excluding hydrogens is 468 g/mol. The van der Waals surface area contributed by atoms with Gasteiger partial charge in [0.25, 0.3) is 0 Å². The zero-order valence-corrected chi connectivity index (χ0v) is 21.5. The van der Waals surface area contributed by atoms with Crippen molar-refractivity contribution in [3.05, 3.63) is 78.4 Å². The standard InChI is InChI=1S/C16H21N3O3.C11H9NO.C2H6/c20-15(19-9-7-13-14(19)6-8-17-13)10-18-16(21)22-11-12-4-2-1-3-5-12;13-8-12-11-7-3-5-9-4-1-2-6-10(9)11;1-2/h1-5,13-14,17H,6-11H2,(H,18,21);1-8H,(H,12,13);1-2H3. The van der Waals surface area contributed by atoms with E-state index in [9.17, 15) is 14.4 Å². The Morgan fingerprint density at radius 1 is 1.00 bits per heavy atom. The summed E-state index contributed by atoms with van der Waals surface area (Å²) in [4.78, 5) is 36.0. The van der Waals surface area contributed by atoms with Crippen LogP contribution in [0.25, 0.3) is 10.8 Å². The smallest absolute Gasteiger partial charge is 0.407 e. The first kappa shape index (κ1) is 27.7. The van der Waals surface area contributed by atoms with Crippen molar-refractivity contribution in [3.63, 3.8) is 0 Å². The van der Waals surface area contributed by atoms with Crippen LogP contribution in [0.4, 0.5) is 10.5 Å². The molecule has 5 rings (SSSR count). The molecule has 2 aliphatic heterocycles. The van der Waals surface area contributed by atoms with Gasteiger partial charge in [-0.2, -0.15) is 0 Å². The zero-order valence-electron chi connectivity index (χ0n) is 21.5. The molecule has 3 N–H and O–H groups in total. The van der Waals surface area contributed by atoms with Gasteiger partial charge in [0.15, 0.2) is 0 Å². The first-order chi connectivity index (χ1) is 18.2. The number of alkyl carbamates (subject to hydrolysis) is 1. The SMILES string of the molecule is CC.O=C(NCC(=O)N1CCC2NCCC21)OCc1ccccc1.O=CNc1cccc2ccccc12. The fourth-order valence-electron chi connectivity index (χ4n) is 4.61. The van der Waals surface area contributed by atoms with Crippen LogP contribution in [0.3, 0.4) is 0 Å². The lowest BCUT2D eigenvalue weighted by Crippen LogP contribution is -2.44. The van der Waals surface area contributed by atoms with Crippen molar-refractivity contribution in [2.75, 3.05) is 25.0 Å². The van der Waals surface area contributed by atoms with Crippen molar-refractivity contribution in [2.24, 2.45) is 0 Å². The highest BCUT2D eigenvalue weighted by molar-refractivity contribution is 5.97. The van der Waals surface area contributed by atoms with Crippen molar-refractivity contribution in [1.29, 1.82) is 0 Å². The Balaban J connectivity index is 0.000000216. The third kappa shape index (κ3) is 7.79. The summed E-state index contributed by atoms with van der Waals surface area (Å²) in [5.74, 6) is -0.0344. The number of nitrogens with one attached hydrogen (secondary N) is 3. The number of hydrogen-bond acceptors (Lipinski definition) is 5. The number of carbonyl (C=O) groups is 3. The second kappa shape index (κ2) is 14.6. The molecule has 196 valence electrons. The number of ether oxygens (including phenoxy) is 1. The lowest BCUT2D eigenvalue weighted by molar-refractivity contribution is -0.130. The molecule has 0 radical (unpaired) electrons.